The summed E-state index contributed by atoms with van der Waals surface area (Å²) < 4.78 is 5.89. The Balaban J connectivity index is 1.90. The van der Waals surface area contributed by atoms with E-state index in [9.17, 15) is 0 Å². The average Bonchev–Trinajstić information content (AvgIpc) is 2.82. The second-order valence-electron chi connectivity index (χ2n) is 5.67. The third-order valence-electron chi connectivity index (χ3n) is 4.59. The minimum Gasteiger partial charge on any atom is -0.375 e. The second-order valence-corrected chi connectivity index (χ2v) is 5.67. The van der Waals surface area contributed by atoms with Crippen LogP contribution < -0.4 is 5.32 Å². The van der Waals surface area contributed by atoms with Crippen LogP contribution in [-0.2, 0) is 4.74 Å². The van der Waals surface area contributed by atoms with Gasteiger partial charge in [-0.05, 0) is 45.2 Å². The third-order valence-corrected chi connectivity index (χ3v) is 4.59. The number of morpholine rings is 1. The number of nitrogens with zero attached hydrogens (tertiary/aromatic N) is 1. The summed E-state index contributed by atoms with van der Waals surface area (Å²) in [4.78, 5) is 2.71. The monoisotopic (exact) mass is 240 g/mol. The fraction of sp³-hybridized carbons (Fsp3) is 1.00. The number of ether oxygens (including phenoxy) is 1. The lowest BCUT2D eigenvalue weighted by atomic mass is 9.98. The highest BCUT2D eigenvalue weighted by atomic mass is 16.5. The molecule has 4 unspecified atom stereocenters. The van der Waals surface area contributed by atoms with Crippen LogP contribution in [0.4, 0.5) is 0 Å². The van der Waals surface area contributed by atoms with Gasteiger partial charge in [-0.15, -0.1) is 0 Å². The van der Waals surface area contributed by atoms with Gasteiger partial charge in [0.25, 0.3) is 0 Å². The van der Waals surface area contributed by atoms with Crippen LogP contribution in [0.3, 0.4) is 0 Å². The number of hydrogen-bond donors (Lipinski definition) is 1. The summed E-state index contributed by atoms with van der Waals surface area (Å²) in [5.41, 5.74) is 0. The van der Waals surface area contributed by atoms with Gasteiger partial charge in [0, 0.05) is 18.6 Å². The molecule has 0 spiro atoms. The van der Waals surface area contributed by atoms with E-state index in [1.165, 1.54) is 19.3 Å². The Bertz CT molecular complexity index is 234. The zero-order valence-electron chi connectivity index (χ0n) is 11.6. The first-order valence-electron chi connectivity index (χ1n) is 7.32. The molecule has 1 heterocycles. The van der Waals surface area contributed by atoms with Gasteiger partial charge in [0.15, 0.2) is 0 Å². The molecule has 1 saturated carbocycles. The molecule has 0 amide bonds. The van der Waals surface area contributed by atoms with Gasteiger partial charge < -0.3 is 10.1 Å². The Morgan fingerprint density at radius 1 is 1.35 bits per heavy atom. The first-order chi connectivity index (χ1) is 8.24. The zero-order valence-corrected chi connectivity index (χ0v) is 11.6. The van der Waals surface area contributed by atoms with E-state index in [0.29, 0.717) is 24.1 Å². The lowest BCUT2D eigenvalue weighted by molar-refractivity contribution is -0.0761. The molecule has 2 aliphatic rings. The molecule has 1 saturated heterocycles. The lowest BCUT2D eigenvalue weighted by Crippen LogP contribution is -2.54. The van der Waals surface area contributed by atoms with Crippen LogP contribution in [0, 0.1) is 5.92 Å². The predicted molar refractivity (Wildman–Crippen MR) is 71.3 cm³/mol. The van der Waals surface area contributed by atoms with Crippen molar-refractivity contribution in [2.24, 2.45) is 5.92 Å². The van der Waals surface area contributed by atoms with Gasteiger partial charge in [-0.2, -0.15) is 0 Å². The van der Waals surface area contributed by atoms with Crippen molar-refractivity contribution >= 4 is 0 Å². The molecule has 4 atom stereocenters. The minimum atomic E-state index is 0.525. The minimum absolute atomic E-state index is 0.525. The van der Waals surface area contributed by atoms with Gasteiger partial charge in [-0.1, -0.05) is 13.8 Å². The highest BCUT2D eigenvalue weighted by Crippen LogP contribution is 2.32. The van der Waals surface area contributed by atoms with Gasteiger partial charge in [-0.3, -0.25) is 4.90 Å². The molecule has 0 bridgehead atoms. The standard InChI is InChI=1S/C14H28N2O/c1-4-15-10-11(2)12(3)16-8-9-17-14-7-5-6-13(14)16/h11-15H,4-10H2,1-3H3. The maximum Gasteiger partial charge on any atom is 0.0731 e. The summed E-state index contributed by atoms with van der Waals surface area (Å²) >= 11 is 0. The van der Waals surface area contributed by atoms with E-state index in [4.69, 9.17) is 4.74 Å². The van der Waals surface area contributed by atoms with Gasteiger partial charge in [0.2, 0.25) is 0 Å². The molecule has 17 heavy (non-hydrogen) atoms. The fourth-order valence-electron chi connectivity index (χ4n) is 3.33. The Morgan fingerprint density at radius 3 is 2.94 bits per heavy atom. The van der Waals surface area contributed by atoms with E-state index in [2.05, 4.69) is 31.0 Å². The smallest absolute Gasteiger partial charge is 0.0731 e. The topological polar surface area (TPSA) is 24.5 Å². The molecule has 3 heteroatoms. The van der Waals surface area contributed by atoms with Crippen LogP contribution in [0.1, 0.15) is 40.0 Å². The van der Waals surface area contributed by atoms with Crippen molar-refractivity contribution in [2.75, 3.05) is 26.2 Å². The highest BCUT2D eigenvalue weighted by Gasteiger charge is 2.38. The van der Waals surface area contributed by atoms with Crippen molar-refractivity contribution in [3.63, 3.8) is 0 Å². The first-order valence-corrected chi connectivity index (χ1v) is 7.32. The van der Waals surface area contributed by atoms with Gasteiger partial charge in [0.1, 0.15) is 0 Å². The van der Waals surface area contributed by atoms with Gasteiger partial charge in [-0.25, -0.2) is 0 Å². The maximum atomic E-state index is 5.89. The van der Waals surface area contributed by atoms with Crippen molar-refractivity contribution in [3.8, 4) is 0 Å². The molecule has 100 valence electrons. The number of rotatable bonds is 5. The number of nitrogens with one attached hydrogen (secondary N) is 1. The molecular weight excluding hydrogens is 212 g/mol. The molecule has 2 rings (SSSR count). The van der Waals surface area contributed by atoms with Crippen LogP contribution in [-0.4, -0.2) is 49.3 Å². The van der Waals surface area contributed by atoms with E-state index in [1.807, 2.05) is 0 Å². The Labute approximate surface area is 106 Å². The molecule has 1 aliphatic carbocycles. The molecule has 0 aromatic carbocycles. The highest BCUT2D eigenvalue weighted by molar-refractivity contribution is 4.92. The average molecular weight is 240 g/mol. The quantitative estimate of drug-likeness (QED) is 0.794. The largest absolute Gasteiger partial charge is 0.375 e. The van der Waals surface area contributed by atoms with Crippen LogP contribution in [0.15, 0.2) is 0 Å². The summed E-state index contributed by atoms with van der Waals surface area (Å²) in [5.74, 6) is 0.717. The predicted octanol–water partition coefficient (Wildman–Crippen LogP) is 1.87. The van der Waals surface area contributed by atoms with E-state index < -0.39 is 0 Å². The molecule has 0 aromatic rings. The van der Waals surface area contributed by atoms with Crippen molar-refractivity contribution in [2.45, 2.75) is 58.2 Å². The summed E-state index contributed by atoms with van der Waals surface area (Å²) in [6.07, 6.45) is 4.48. The van der Waals surface area contributed by atoms with Gasteiger partial charge >= 0.3 is 0 Å². The van der Waals surface area contributed by atoms with Crippen LogP contribution in [0.2, 0.25) is 0 Å². The summed E-state index contributed by atoms with van der Waals surface area (Å²) in [6, 6.07) is 1.37. The fourth-order valence-corrected chi connectivity index (χ4v) is 3.33. The first kappa shape index (κ1) is 13.3. The molecule has 1 aliphatic heterocycles. The van der Waals surface area contributed by atoms with E-state index in [0.717, 1.165) is 26.2 Å². The number of fused-ring (bicyclic) bond motifs is 1. The summed E-state index contributed by atoms with van der Waals surface area (Å²) in [6.45, 7) is 11.2. The van der Waals surface area contributed by atoms with E-state index >= 15 is 0 Å². The van der Waals surface area contributed by atoms with Crippen LogP contribution in [0.25, 0.3) is 0 Å². The van der Waals surface area contributed by atoms with Crippen molar-refractivity contribution in [1.29, 1.82) is 0 Å². The molecule has 2 fully saturated rings. The van der Waals surface area contributed by atoms with E-state index in [-0.39, 0.29) is 0 Å². The van der Waals surface area contributed by atoms with Crippen molar-refractivity contribution in [3.05, 3.63) is 0 Å². The lowest BCUT2D eigenvalue weighted by Gasteiger charge is -2.43. The second kappa shape index (κ2) is 6.17. The van der Waals surface area contributed by atoms with E-state index in [1.54, 1.807) is 0 Å². The van der Waals surface area contributed by atoms with Crippen LogP contribution in [0.5, 0.6) is 0 Å². The normalized spacial score (nSPS) is 33.4. The molecule has 0 aromatic heterocycles. The van der Waals surface area contributed by atoms with Gasteiger partial charge in [0.05, 0.1) is 12.7 Å². The van der Waals surface area contributed by atoms with Crippen molar-refractivity contribution in [1.82, 2.24) is 10.2 Å². The Morgan fingerprint density at radius 2 is 2.18 bits per heavy atom. The number of hydrogen-bond acceptors (Lipinski definition) is 3. The van der Waals surface area contributed by atoms with Crippen molar-refractivity contribution < 1.29 is 4.74 Å². The van der Waals surface area contributed by atoms with Crippen LogP contribution >= 0.6 is 0 Å². The molecule has 0 radical (unpaired) electrons. The SMILES string of the molecule is CCNCC(C)C(C)N1CCOC2CCCC21. The molecular formula is C14H28N2O. The zero-order chi connectivity index (χ0) is 12.3. The summed E-state index contributed by atoms with van der Waals surface area (Å²) in [7, 11) is 0. The Kier molecular flexibility index (Phi) is 4.83. The molecule has 1 N–H and O–H groups in total. The third kappa shape index (κ3) is 3.01. The Hall–Kier alpha value is -0.120. The molecule has 3 nitrogen and oxygen atoms in total. The summed E-state index contributed by atoms with van der Waals surface area (Å²) in [5, 5.41) is 3.47. The maximum absolute atomic E-state index is 5.89.